The van der Waals surface area contributed by atoms with Crippen molar-refractivity contribution in [3.8, 4) is 0 Å². The predicted molar refractivity (Wildman–Crippen MR) is 63.6 cm³/mol. The average Bonchev–Trinajstić information content (AvgIpc) is 2.32. The number of carboxylic acids is 1. The summed E-state index contributed by atoms with van der Waals surface area (Å²) < 4.78 is 0. The van der Waals surface area contributed by atoms with Crippen molar-refractivity contribution in [3.63, 3.8) is 0 Å². The number of hydrogen-bond donors (Lipinski definition) is 1. The summed E-state index contributed by atoms with van der Waals surface area (Å²) in [5.74, 6) is -1.16. The normalized spacial score (nSPS) is 24.6. The highest BCUT2D eigenvalue weighted by Gasteiger charge is 2.34. The summed E-state index contributed by atoms with van der Waals surface area (Å²) in [6.07, 6.45) is 2.18. The second kappa shape index (κ2) is 5.13. The number of rotatable bonds is 3. The van der Waals surface area contributed by atoms with Crippen molar-refractivity contribution in [1.82, 2.24) is 0 Å². The molecule has 1 N–H and O–H groups in total. The van der Waals surface area contributed by atoms with Gasteiger partial charge in [-0.05, 0) is 24.3 Å². The largest absolute Gasteiger partial charge is 0.481 e. The lowest BCUT2D eigenvalue weighted by Gasteiger charge is -2.27. The van der Waals surface area contributed by atoms with E-state index in [9.17, 15) is 9.59 Å². The highest BCUT2D eigenvalue weighted by molar-refractivity contribution is 5.85. The second-order valence-electron chi connectivity index (χ2n) is 4.68. The molecule has 1 saturated carbocycles. The Hall–Kier alpha value is -1.64. The Morgan fingerprint density at radius 2 is 2.00 bits per heavy atom. The molecule has 1 aromatic rings. The minimum absolute atomic E-state index is 0.0849. The number of carbonyl (C=O) groups excluding carboxylic acids is 1. The van der Waals surface area contributed by atoms with E-state index in [0.717, 1.165) is 12.0 Å². The van der Waals surface area contributed by atoms with Crippen LogP contribution in [-0.4, -0.2) is 16.9 Å². The number of Topliss-reactive ketones (excluding diaryl/α,β-unsaturated/α-hetero) is 1. The standard InChI is InChI=1S/C14H16O3/c15-12-7-6-11(13(9-12)14(16)17)8-10-4-2-1-3-5-10/h1-5,11,13H,6-9H2,(H,16,17)/t11-,13-/m1/s1. The first-order chi connectivity index (χ1) is 8.16. The van der Waals surface area contributed by atoms with Crippen LogP contribution in [0.25, 0.3) is 0 Å². The minimum atomic E-state index is -0.834. The highest BCUT2D eigenvalue weighted by Crippen LogP contribution is 2.31. The third-order valence-electron chi connectivity index (χ3n) is 3.47. The van der Waals surface area contributed by atoms with Gasteiger partial charge in [-0.3, -0.25) is 9.59 Å². The van der Waals surface area contributed by atoms with Gasteiger partial charge in [0.25, 0.3) is 0 Å². The SMILES string of the molecule is O=C1CC[C@H](Cc2ccccc2)[C@H](C(=O)O)C1. The van der Waals surface area contributed by atoms with Gasteiger partial charge in [-0.2, -0.15) is 0 Å². The fourth-order valence-corrected chi connectivity index (χ4v) is 2.51. The van der Waals surface area contributed by atoms with Crippen molar-refractivity contribution in [2.75, 3.05) is 0 Å². The van der Waals surface area contributed by atoms with Crippen LogP contribution >= 0.6 is 0 Å². The van der Waals surface area contributed by atoms with Crippen molar-refractivity contribution in [2.24, 2.45) is 11.8 Å². The molecule has 3 nitrogen and oxygen atoms in total. The van der Waals surface area contributed by atoms with Gasteiger partial charge in [-0.1, -0.05) is 30.3 Å². The van der Waals surface area contributed by atoms with E-state index >= 15 is 0 Å². The van der Waals surface area contributed by atoms with Crippen molar-refractivity contribution in [1.29, 1.82) is 0 Å². The van der Waals surface area contributed by atoms with E-state index in [0.29, 0.717) is 12.8 Å². The summed E-state index contributed by atoms with van der Waals surface area (Å²) in [6, 6.07) is 9.88. The first-order valence-electron chi connectivity index (χ1n) is 5.95. The molecule has 3 heteroatoms. The molecule has 0 spiro atoms. The Morgan fingerprint density at radius 1 is 1.29 bits per heavy atom. The first kappa shape index (κ1) is 11.8. The van der Waals surface area contributed by atoms with Crippen LogP contribution in [0.2, 0.25) is 0 Å². The first-order valence-corrected chi connectivity index (χ1v) is 5.95. The second-order valence-corrected chi connectivity index (χ2v) is 4.68. The van der Waals surface area contributed by atoms with Crippen molar-refractivity contribution in [3.05, 3.63) is 35.9 Å². The molecule has 17 heavy (non-hydrogen) atoms. The Kier molecular flexibility index (Phi) is 3.57. The minimum Gasteiger partial charge on any atom is -0.481 e. The Balaban J connectivity index is 2.08. The number of carboxylic acid groups (broad SMARTS) is 1. The van der Waals surface area contributed by atoms with Crippen molar-refractivity contribution < 1.29 is 14.7 Å². The van der Waals surface area contributed by atoms with Gasteiger partial charge in [0, 0.05) is 12.8 Å². The van der Waals surface area contributed by atoms with Crippen molar-refractivity contribution in [2.45, 2.75) is 25.7 Å². The summed E-state index contributed by atoms with van der Waals surface area (Å²) in [7, 11) is 0. The maximum Gasteiger partial charge on any atom is 0.307 e. The average molecular weight is 232 g/mol. The molecule has 2 rings (SSSR count). The molecule has 1 aliphatic rings. The summed E-state index contributed by atoms with van der Waals surface area (Å²) in [6.45, 7) is 0. The van der Waals surface area contributed by atoms with Crippen molar-refractivity contribution >= 4 is 11.8 Å². The molecule has 0 amide bonds. The third-order valence-corrected chi connectivity index (χ3v) is 3.47. The fraction of sp³-hybridized carbons (Fsp3) is 0.429. The molecule has 2 atom stereocenters. The summed E-state index contributed by atoms with van der Waals surface area (Å²) in [5.41, 5.74) is 1.15. The van der Waals surface area contributed by atoms with Gasteiger partial charge in [0.1, 0.15) is 5.78 Å². The molecule has 1 aliphatic carbocycles. The van der Waals surface area contributed by atoms with E-state index < -0.39 is 11.9 Å². The van der Waals surface area contributed by atoms with Crippen LogP contribution in [0.4, 0.5) is 0 Å². The quantitative estimate of drug-likeness (QED) is 0.870. The fourth-order valence-electron chi connectivity index (χ4n) is 2.51. The zero-order chi connectivity index (χ0) is 12.3. The van der Waals surface area contributed by atoms with Crippen LogP contribution in [0.15, 0.2) is 30.3 Å². The maximum absolute atomic E-state index is 11.3. The summed E-state index contributed by atoms with van der Waals surface area (Å²) in [5, 5.41) is 9.15. The van der Waals surface area contributed by atoms with E-state index in [1.165, 1.54) is 0 Å². The molecule has 0 radical (unpaired) electrons. The molecule has 1 fully saturated rings. The lowest BCUT2D eigenvalue weighted by molar-refractivity contribution is -0.147. The maximum atomic E-state index is 11.3. The van der Waals surface area contributed by atoms with Crippen LogP contribution in [0.1, 0.15) is 24.8 Å². The van der Waals surface area contributed by atoms with Gasteiger partial charge in [0.2, 0.25) is 0 Å². The lowest BCUT2D eigenvalue weighted by atomic mass is 9.76. The van der Waals surface area contributed by atoms with Gasteiger partial charge in [-0.25, -0.2) is 0 Å². The van der Waals surface area contributed by atoms with E-state index in [1.807, 2.05) is 30.3 Å². The number of benzene rings is 1. The van der Waals surface area contributed by atoms with Gasteiger partial charge in [-0.15, -0.1) is 0 Å². The molecule has 90 valence electrons. The van der Waals surface area contributed by atoms with Crippen LogP contribution in [0.5, 0.6) is 0 Å². The molecule has 0 unspecified atom stereocenters. The molecule has 0 heterocycles. The topological polar surface area (TPSA) is 54.4 Å². The molecule has 0 saturated heterocycles. The van der Waals surface area contributed by atoms with Crippen LogP contribution in [0.3, 0.4) is 0 Å². The van der Waals surface area contributed by atoms with Gasteiger partial charge < -0.3 is 5.11 Å². The Morgan fingerprint density at radius 3 is 2.65 bits per heavy atom. The summed E-state index contributed by atoms with van der Waals surface area (Å²) in [4.78, 5) is 22.5. The Bertz CT molecular complexity index is 411. The molecule has 0 bridgehead atoms. The van der Waals surface area contributed by atoms with E-state index in [2.05, 4.69) is 0 Å². The van der Waals surface area contributed by atoms with Crippen LogP contribution in [0, 0.1) is 11.8 Å². The monoisotopic (exact) mass is 232 g/mol. The predicted octanol–water partition coefficient (Wildman–Crippen LogP) is 2.30. The van der Waals surface area contributed by atoms with Crippen LogP contribution in [-0.2, 0) is 16.0 Å². The number of ketones is 1. The number of hydrogen-bond acceptors (Lipinski definition) is 2. The van der Waals surface area contributed by atoms with Gasteiger partial charge >= 0.3 is 5.97 Å². The number of carbonyl (C=O) groups is 2. The zero-order valence-electron chi connectivity index (χ0n) is 9.63. The molecular weight excluding hydrogens is 216 g/mol. The zero-order valence-corrected chi connectivity index (χ0v) is 9.63. The Labute approximate surface area is 100 Å². The van der Waals surface area contributed by atoms with E-state index in [4.69, 9.17) is 5.11 Å². The molecule has 1 aromatic carbocycles. The van der Waals surface area contributed by atoms with E-state index in [-0.39, 0.29) is 18.1 Å². The molecule has 0 aromatic heterocycles. The van der Waals surface area contributed by atoms with E-state index in [1.54, 1.807) is 0 Å². The van der Waals surface area contributed by atoms with Gasteiger partial charge in [0.15, 0.2) is 0 Å². The smallest absolute Gasteiger partial charge is 0.307 e. The highest BCUT2D eigenvalue weighted by atomic mass is 16.4. The molecule has 0 aliphatic heterocycles. The lowest BCUT2D eigenvalue weighted by Crippen LogP contribution is -2.32. The van der Waals surface area contributed by atoms with Gasteiger partial charge in [0.05, 0.1) is 5.92 Å². The summed E-state index contributed by atoms with van der Waals surface area (Å²) >= 11 is 0. The van der Waals surface area contributed by atoms with Crippen LogP contribution < -0.4 is 0 Å². The number of aliphatic carboxylic acids is 1. The third kappa shape index (κ3) is 2.93. The molecular formula is C14H16O3.